The van der Waals surface area contributed by atoms with Crippen molar-refractivity contribution in [3.63, 3.8) is 0 Å². The third-order valence-corrected chi connectivity index (χ3v) is 5.40. The molecule has 0 saturated carbocycles. The van der Waals surface area contributed by atoms with Gasteiger partial charge in [-0.2, -0.15) is 10.1 Å². The number of carbonyl (C=O) groups excluding carboxylic acids is 1. The zero-order valence-electron chi connectivity index (χ0n) is 15.9. The van der Waals surface area contributed by atoms with Crippen molar-refractivity contribution >= 4 is 22.8 Å². The van der Waals surface area contributed by atoms with E-state index in [1.165, 1.54) is 0 Å². The smallest absolute Gasteiger partial charge is 0.254 e. The van der Waals surface area contributed by atoms with Crippen LogP contribution < -0.4 is 5.32 Å². The highest BCUT2D eigenvalue weighted by molar-refractivity contribution is 5.98. The number of allylic oxidation sites excluding steroid dienone is 1. The Kier molecular flexibility index (Phi) is 3.94. The number of nitrogens with zero attached hydrogens (tertiary/aromatic N) is 4. The van der Waals surface area contributed by atoms with Gasteiger partial charge in [-0.25, -0.2) is 4.68 Å². The number of morpholine rings is 1. The summed E-state index contributed by atoms with van der Waals surface area (Å²) < 4.78 is 7.25. The Morgan fingerprint density at radius 1 is 1.21 bits per heavy atom. The van der Waals surface area contributed by atoms with E-state index < -0.39 is 0 Å². The number of hydrogen-bond acceptors (Lipinski definition) is 5. The Bertz CT molecular complexity index is 1090. The standard InChI is InChI=1S/C20H22N6O2/c1-12-17(19(27)25-7-9-28-10-8-25)18(26-20(22-12)23-13(2)24-26)15-11-21-16-6-4-3-5-14(15)16/h3-6,11,18,21H,7-10H2,1-2H3,(H,22,23,24). The summed E-state index contributed by atoms with van der Waals surface area (Å²) in [6.45, 7) is 6.12. The van der Waals surface area contributed by atoms with Crippen molar-refractivity contribution in [2.24, 2.45) is 0 Å². The minimum Gasteiger partial charge on any atom is -0.378 e. The summed E-state index contributed by atoms with van der Waals surface area (Å²) in [6.07, 6.45) is 1.97. The Morgan fingerprint density at radius 2 is 2.00 bits per heavy atom. The van der Waals surface area contributed by atoms with Gasteiger partial charge in [-0.3, -0.25) is 4.79 Å². The number of aryl methyl sites for hydroxylation is 1. The van der Waals surface area contributed by atoms with Gasteiger partial charge in [-0.1, -0.05) is 18.2 Å². The number of rotatable bonds is 2. The minimum atomic E-state index is -0.344. The fourth-order valence-electron chi connectivity index (χ4n) is 4.08. The molecule has 8 nitrogen and oxygen atoms in total. The van der Waals surface area contributed by atoms with Crippen molar-refractivity contribution in [3.05, 3.63) is 53.1 Å². The van der Waals surface area contributed by atoms with Gasteiger partial charge in [0.15, 0.2) is 0 Å². The van der Waals surface area contributed by atoms with E-state index in [1.54, 1.807) is 0 Å². The Labute approximate surface area is 162 Å². The van der Waals surface area contributed by atoms with Crippen LogP contribution >= 0.6 is 0 Å². The van der Waals surface area contributed by atoms with Crippen LogP contribution in [0.4, 0.5) is 5.95 Å². The molecule has 8 heteroatoms. The zero-order valence-corrected chi connectivity index (χ0v) is 15.9. The Balaban J connectivity index is 1.68. The second-order valence-electron chi connectivity index (χ2n) is 7.19. The number of ether oxygens (including phenoxy) is 1. The summed E-state index contributed by atoms with van der Waals surface area (Å²) in [5.74, 6) is 1.34. The van der Waals surface area contributed by atoms with Crippen molar-refractivity contribution in [2.45, 2.75) is 19.9 Å². The topological polar surface area (TPSA) is 88.1 Å². The molecule has 5 rings (SSSR count). The van der Waals surface area contributed by atoms with Crippen LogP contribution in [0.1, 0.15) is 24.4 Å². The first kappa shape index (κ1) is 17.0. The van der Waals surface area contributed by atoms with Crippen LogP contribution in [0.5, 0.6) is 0 Å². The number of benzene rings is 1. The Hall–Kier alpha value is -3.13. The van der Waals surface area contributed by atoms with Gasteiger partial charge in [0, 0.05) is 41.4 Å². The molecule has 28 heavy (non-hydrogen) atoms. The van der Waals surface area contributed by atoms with Crippen molar-refractivity contribution in [3.8, 4) is 0 Å². The summed E-state index contributed by atoms with van der Waals surface area (Å²) >= 11 is 0. The first-order valence-electron chi connectivity index (χ1n) is 9.47. The highest BCUT2D eigenvalue weighted by Crippen LogP contribution is 2.38. The molecular weight excluding hydrogens is 356 g/mol. The van der Waals surface area contributed by atoms with Gasteiger partial charge in [-0.05, 0) is 19.9 Å². The summed E-state index contributed by atoms with van der Waals surface area (Å²) in [5, 5.41) is 8.96. The second-order valence-corrected chi connectivity index (χ2v) is 7.19. The lowest BCUT2D eigenvalue weighted by molar-refractivity contribution is -0.131. The molecular formula is C20H22N6O2. The van der Waals surface area contributed by atoms with Gasteiger partial charge in [0.2, 0.25) is 5.95 Å². The molecule has 2 aromatic heterocycles. The van der Waals surface area contributed by atoms with Crippen LogP contribution in [0, 0.1) is 6.92 Å². The third kappa shape index (κ3) is 2.60. The maximum atomic E-state index is 13.5. The molecule has 0 radical (unpaired) electrons. The van der Waals surface area contributed by atoms with E-state index >= 15 is 0 Å². The minimum absolute atomic E-state index is 0.0161. The number of aromatic nitrogens is 4. The molecule has 1 aromatic carbocycles. The highest BCUT2D eigenvalue weighted by Gasteiger charge is 2.37. The molecule has 2 aliphatic heterocycles. The van der Waals surface area contributed by atoms with E-state index in [0.29, 0.717) is 43.6 Å². The number of hydrogen-bond donors (Lipinski definition) is 2. The number of amides is 1. The molecule has 4 heterocycles. The molecule has 3 aromatic rings. The maximum Gasteiger partial charge on any atom is 0.254 e. The van der Waals surface area contributed by atoms with Crippen LogP contribution in [-0.4, -0.2) is 56.9 Å². The summed E-state index contributed by atoms with van der Waals surface area (Å²) in [4.78, 5) is 23.2. The highest BCUT2D eigenvalue weighted by atomic mass is 16.5. The van der Waals surface area contributed by atoms with Crippen molar-refractivity contribution in [2.75, 3.05) is 31.6 Å². The lowest BCUT2D eigenvalue weighted by Gasteiger charge is -2.33. The van der Waals surface area contributed by atoms with Crippen LogP contribution in [-0.2, 0) is 9.53 Å². The number of fused-ring (bicyclic) bond motifs is 2. The first-order chi connectivity index (χ1) is 13.6. The number of anilines is 1. The monoisotopic (exact) mass is 378 g/mol. The maximum absolute atomic E-state index is 13.5. The second kappa shape index (κ2) is 6.49. The van der Waals surface area contributed by atoms with Gasteiger partial charge < -0.3 is 19.9 Å². The predicted octanol–water partition coefficient (Wildman–Crippen LogP) is 2.22. The van der Waals surface area contributed by atoms with E-state index in [0.717, 1.165) is 22.2 Å². The van der Waals surface area contributed by atoms with E-state index in [9.17, 15) is 4.79 Å². The molecule has 2 aliphatic rings. The van der Waals surface area contributed by atoms with Gasteiger partial charge in [0.1, 0.15) is 11.9 Å². The van der Waals surface area contributed by atoms with Crippen molar-refractivity contribution in [1.29, 1.82) is 0 Å². The molecule has 144 valence electrons. The van der Waals surface area contributed by atoms with E-state index in [2.05, 4.69) is 26.4 Å². The molecule has 1 fully saturated rings. The van der Waals surface area contributed by atoms with Gasteiger partial charge in [-0.15, -0.1) is 0 Å². The normalized spacial score (nSPS) is 19.6. The summed E-state index contributed by atoms with van der Waals surface area (Å²) in [6, 6.07) is 7.77. The molecule has 0 spiro atoms. The van der Waals surface area contributed by atoms with Crippen LogP contribution in [0.15, 0.2) is 41.7 Å². The predicted molar refractivity (Wildman–Crippen MR) is 105 cm³/mol. The lowest BCUT2D eigenvalue weighted by Crippen LogP contribution is -2.44. The molecule has 2 N–H and O–H groups in total. The molecule has 0 bridgehead atoms. The van der Waals surface area contributed by atoms with Crippen LogP contribution in [0.2, 0.25) is 0 Å². The lowest BCUT2D eigenvalue weighted by atomic mass is 9.94. The zero-order chi connectivity index (χ0) is 19.3. The fourth-order valence-corrected chi connectivity index (χ4v) is 4.08. The quantitative estimate of drug-likeness (QED) is 0.714. The number of H-pyrrole nitrogens is 1. The SMILES string of the molecule is CC1=C(C(=O)N2CCOCC2)C(c2c[nH]c3ccccc23)n2nc(C)nc2N1. The van der Waals surface area contributed by atoms with Gasteiger partial charge in [0.25, 0.3) is 5.91 Å². The molecule has 1 amide bonds. The molecule has 1 saturated heterocycles. The van der Waals surface area contributed by atoms with Crippen molar-refractivity contribution < 1.29 is 9.53 Å². The van der Waals surface area contributed by atoms with E-state index in [1.807, 2.05) is 47.8 Å². The largest absolute Gasteiger partial charge is 0.378 e. The summed E-state index contributed by atoms with van der Waals surface area (Å²) in [5.41, 5.74) is 3.56. The number of para-hydroxylation sites is 1. The van der Waals surface area contributed by atoms with Crippen LogP contribution in [0.3, 0.4) is 0 Å². The average Bonchev–Trinajstić information content (AvgIpc) is 3.30. The Morgan fingerprint density at radius 3 is 2.82 bits per heavy atom. The number of carbonyl (C=O) groups is 1. The third-order valence-electron chi connectivity index (χ3n) is 5.40. The fraction of sp³-hybridized carbons (Fsp3) is 0.350. The van der Waals surface area contributed by atoms with Gasteiger partial charge >= 0.3 is 0 Å². The van der Waals surface area contributed by atoms with Gasteiger partial charge in [0.05, 0.1) is 18.8 Å². The van der Waals surface area contributed by atoms with Crippen molar-refractivity contribution in [1.82, 2.24) is 24.6 Å². The number of nitrogens with one attached hydrogen (secondary N) is 2. The molecule has 1 atom stereocenters. The van der Waals surface area contributed by atoms with E-state index in [-0.39, 0.29) is 11.9 Å². The molecule has 1 unspecified atom stereocenters. The van der Waals surface area contributed by atoms with E-state index in [4.69, 9.17) is 4.74 Å². The average molecular weight is 378 g/mol. The molecule has 0 aliphatic carbocycles. The number of aromatic amines is 1. The first-order valence-corrected chi connectivity index (χ1v) is 9.47. The summed E-state index contributed by atoms with van der Waals surface area (Å²) in [7, 11) is 0. The van der Waals surface area contributed by atoms with Crippen LogP contribution in [0.25, 0.3) is 10.9 Å².